The number of esters is 1. The monoisotopic (exact) mass is 497 g/mol. The number of para-hydroxylation sites is 2. The van der Waals surface area contributed by atoms with Gasteiger partial charge in [-0.05, 0) is 41.1 Å². The Morgan fingerprint density at radius 3 is 2.51 bits per heavy atom. The van der Waals surface area contributed by atoms with E-state index in [1.807, 2.05) is 30.3 Å². The van der Waals surface area contributed by atoms with Crippen molar-refractivity contribution in [2.24, 2.45) is 0 Å². The number of ether oxygens (including phenoxy) is 2. The van der Waals surface area contributed by atoms with Gasteiger partial charge in [0.1, 0.15) is 29.3 Å². The van der Waals surface area contributed by atoms with Crippen molar-refractivity contribution >= 4 is 39.3 Å². The molecule has 5 rings (SSSR count). The Kier molecular flexibility index (Phi) is 6.63. The molecule has 0 unspecified atom stereocenters. The second-order valence-electron chi connectivity index (χ2n) is 8.14. The van der Waals surface area contributed by atoms with E-state index in [1.165, 1.54) is 36.4 Å². The molecule has 0 aliphatic carbocycles. The summed E-state index contributed by atoms with van der Waals surface area (Å²) in [5, 5.41) is 4.91. The van der Waals surface area contributed by atoms with Crippen molar-refractivity contribution in [3.63, 3.8) is 0 Å². The van der Waals surface area contributed by atoms with Crippen LogP contribution in [0.25, 0.3) is 21.7 Å². The maximum Gasteiger partial charge on any atom is 0.342 e. The van der Waals surface area contributed by atoms with Gasteiger partial charge in [-0.1, -0.05) is 54.6 Å². The van der Waals surface area contributed by atoms with Gasteiger partial charge < -0.3 is 19.2 Å². The number of halogens is 1. The first kappa shape index (κ1) is 23.7. The maximum absolute atomic E-state index is 13.8. The summed E-state index contributed by atoms with van der Waals surface area (Å²) in [6.07, 6.45) is 0. The van der Waals surface area contributed by atoms with E-state index in [2.05, 4.69) is 5.32 Å². The van der Waals surface area contributed by atoms with Gasteiger partial charge in [0.25, 0.3) is 5.91 Å². The molecular weight excluding hydrogens is 477 g/mol. The zero-order chi connectivity index (χ0) is 25.8. The van der Waals surface area contributed by atoms with Crippen LogP contribution in [-0.4, -0.2) is 18.5 Å². The van der Waals surface area contributed by atoms with Crippen LogP contribution in [-0.2, 0) is 16.1 Å². The highest BCUT2D eigenvalue weighted by atomic mass is 19.1. The van der Waals surface area contributed by atoms with Crippen LogP contribution < -0.4 is 15.7 Å². The number of carbonyl (C=O) groups is 2. The summed E-state index contributed by atoms with van der Waals surface area (Å²) in [6.45, 7) is -0.633. The molecule has 0 bridgehead atoms. The summed E-state index contributed by atoms with van der Waals surface area (Å²) in [5.74, 6) is -1.75. The minimum absolute atomic E-state index is 0.0240. The summed E-state index contributed by atoms with van der Waals surface area (Å²) in [4.78, 5) is 37.3. The molecule has 37 heavy (non-hydrogen) atoms. The smallest absolute Gasteiger partial charge is 0.342 e. The molecule has 0 aliphatic rings. The molecule has 0 spiro atoms. The lowest BCUT2D eigenvalue weighted by Crippen LogP contribution is -2.21. The molecule has 4 aromatic carbocycles. The SMILES string of the molecule is O=C(COc1ccccc1C(=O)OCc1cc(=O)oc2ccc3ccccc3c12)Nc1ccccc1F. The number of amides is 1. The molecule has 0 aliphatic heterocycles. The van der Waals surface area contributed by atoms with Gasteiger partial charge in [-0.15, -0.1) is 0 Å². The average Bonchev–Trinajstić information content (AvgIpc) is 2.91. The van der Waals surface area contributed by atoms with Crippen LogP contribution in [0.15, 0.2) is 100 Å². The van der Waals surface area contributed by atoms with E-state index in [-0.39, 0.29) is 23.6 Å². The minimum atomic E-state index is -0.702. The molecule has 7 nitrogen and oxygen atoms in total. The van der Waals surface area contributed by atoms with Gasteiger partial charge >= 0.3 is 11.6 Å². The van der Waals surface area contributed by atoms with E-state index in [4.69, 9.17) is 13.9 Å². The largest absolute Gasteiger partial charge is 0.483 e. The third-order valence-corrected chi connectivity index (χ3v) is 5.69. The number of anilines is 1. The molecular formula is C29H20FNO6. The lowest BCUT2D eigenvalue weighted by molar-refractivity contribution is -0.118. The van der Waals surface area contributed by atoms with Crippen molar-refractivity contribution in [2.75, 3.05) is 11.9 Å². The summed E-state index contributed by atoms with van der Waals surface area (Å²) >= 11 is 0. The van der Waals surface area contributed by atoms with E-state index in [1.54, 1.807) is 24.3 Å². The van der Waals surface area contributed by atoms with Crippen LogP contribution in [0.1, 0.15) is 15.9 Å². The van der Waals surface area contributed by atoms with Gasteiger partial charge in [-0.2, -0.15) is 0 Å². The molecule has 8 heteroatoms. The topological polar surface area (TPSA) is 94.8 Å². The highest BCUT2D eigenvalue weighted by Crippen LogP contribution is 2.28. The minimum Gasteiger partial charge on any atom is -0.483 e. The third-order valence-electron chi connectivity index (χ3n) is 5.69. The highest BCUT2D eigenvalue weighted by molar-refractivity contribution is 6.07. The zero-order valence-electron chi connectivity index (χ0n) is 19.4. The Morgan fingerprint density at radius 1 is 0.892 bits per heavy atom. The van der Waals surface area contributed by atoms with Crippen molar-refractivity contribution < 1.29 is 27.9 Å². The first-order chi connectivity index (χ1) is 18.0. The summed E-state index contributed by atoms with van der Waals surface area (Å²) in [5.41, 5.74) is 0.452. The number of benzene rings is 4. The van der Waals surface area contributed by atoms with Crippen molar-refractivity contribution in [3.05, 3.63) is 118 Å². The number of hydrogen-bond donors (Lipinski definition) is 1. The summed E-state index contributed by atoms with van der Waals surface area (Å²) in [6, 6.07) is 24.5. The summed E-state index contributed by atoms with van der Waals surface area (Å²) < 4.78 is 30.2. The average molecular weight is 497 g/mol. The molecule has 0 atom stereocenters. The van der Waals surface area contributed by atoms with E-state index in [9.17, 15) is 18.8 Å². The van der Waals surface area contributed by atoms with E-state index in [0.29, 0.717) is 16.5 Å². The molecule has 0 fully saturated rings. The highest BCUT2D eigenvalue weighted by Gasteiger charge is 2.17. The van der Waals surface area contributed by atoms with Gasteiger partial charge in [0.2, 0.25) is 0 Å². The molecule has 184 valence electrons. The second-order valence-corrected chi connectivity index (χ2v) is 8.14. The van der Waals surface area contributed by atoms with Crippen molar-refractivity contribution in [2.45, 2.75) is 6.61 Å². The predicted molar refractivity (Wildman–Crippen MR) is 136 cm³/mol. The number of carbonyl (C=O) groups excluding carboxylic acids is 2. The zero-order valence-corrected chi connectivity index (χ0v) is 19.4. The Bertz CT molecular complexity index is 1690. The lowest BCUT2D eigenvalue weighted by Gasteiger charge is -2.13. The fraction of sp³-hybridized carbons (Fsp3) is 0.0690. The fourth-order valence-electron chi connectivity index (χ4n) is 4.01. The first-order valence-electron chi connectivity index (χ1n) is 11.4. The Hall–Kier alpha value is -4.98. The third kappa shape index (κ3) is 5.18. The molecule has 1 amide bonds. The van der Waals surface area contributed by atoms with Gasteiger partial charge in [-0.25, -0.2) is 14.0 Å². The van der Waals surface area contributed by atoms with Crippen LogP contribution in [0.2, 0.25) is 0 Å². The van der Waals surface area contributed by atoms with Gasteiger partial charge in [0, 0.05) is 17.0 Å². The standard InChI is InChI=1S/C29H20FNO6/c30-22-10-4-5-11-23(22)31-26(32)17-35-24-12-6-3-9-21(24)29(34)36-16-19-15-27(33)37-25-14-13-18-7-1-2-8-20(18)28(19)25/h1-15H,16-17H2,(H,31,32). The number of nitrogens with one attached hydrogen (secondary N) is 1. The Balaban J connectivity index is 1.33. The van der Waals surface area contributed by atoms with Gasteiger partial charge in [-0.3, -0.25) is 4.79 Å². The Morgan fingerprint density at radius 2 is 1.65 bits per heavy atom. The maximum atomic E-state index is 13.8. The van der Waals surface area contributed by atoms with Crippen LogP contribution >= 0.6 is 0 Å². The predicted octanol–water partition coefficient (Wildman–Crippen LogP) is 5.46. The molecule has 0 saturated heterocycles. The quantitative estimate of drug-likeness (QED) is 0.182. The molecule has 1 aromatic heterocycles. The molecule has 0 radical (unpaired) electrons. The molecule has 1 N–H and O–H groups in total. The number of hydrogen-bond acceptors (Lipinski definition) is 6. The van der Waals surface area contributed by atoms with Crippen LogP contribution in [0.5, 0.6) is 5.75 Å². The van der Waals surface area contributed by atoms with Crippen molar-refractivity contribution in [3.8, 4) is 5.75 Å². The Labute approximate surface area is 210 Å². The van der Waals surface area contributed by atoms with E-state index >= 15 is 0 Å². The molecule has 5 aromatic rings. The number of rotatable bonds is 7. The van der Waals surface area contributed by atoms with Crippen molar-refractivity contribution in [1.29, 1.82) is 0 Å². The van der Waals surface area contributed by atoms with E-state index < -0.39 is 29.9 Å². The summed E-state index contributed by atoms with van der Waals surface area (Å²) in [7, 11) is 0. The normalized spacial score (nSPS) is 10.8. The number of fused-ring (bicyclic) bond motifs is 3. The van der Waals surface area contributed by atoms with Crippen LogP contribution in [0, 0.1) is 5.82 Å². The fourth-order valence-corrected chi connectivity index (χ4v) is 4.01. The second kappa shape index (κ2) is 10.3. The van der Waals surface area contributed by atoms with Gasteiger partial charge in [0.05, 0.1) is 5.69 Å². The first-order valence-corrected chi connectivity index (χ1v) is 11.4. The van der Waals surface area contributed by atoms with Crippen molar-refractivity contribution in [1.82, 2.24) is 0 Å². The molecule has 0 saturated carbocycles. The van der Waals surface area contributed by atoms with Gasteiger partial charge in [0.15, 0.2) is 6.61 Å². The lowest BCUT2D eigenvalue weighted by atomic mass is 10.0. The van der Waals surface area contributed by atoms with Crippen LogP contribution in [0.3, 0.4) is 0 Å². The van der Waals surface area contributed by atoms with E-state index in [0.717, 1.165) is 10.8 Å². The van der Waals surface area contributed by atoms with Crippen LogP contribution in [0.4, 0.5) is 10.1 Å². The molecule has 1 heterocycles.